The molecule has 7 heteroatoms. The van der Waals surface area contributed by atoms with Crippen molar-refractivity contribution >= 4 is 22.9 Å². The van der Waals surface area contributed by atoms with E-state index in [1.807, 2.05) is 0 Å². The molecule has 0 bridgehead atoms. The van der Waals surface area contributed by atoms with Crippen molar-refractivity contribution in [3.05, 3.63) is 52.1 Å². The number of benzene rings is 1. The van der Waals surface area contributed by atoms with Crippen LogP contribution < -0.4 is 5.69 Å². The second kappa shape index (κ2) is 8.92. The van der Waals surface area contributed by atoms with E-state index in [4.69, 9.17) is 0 Å². The highest BCUT2D eigenvalue weighted by molar-refractivity contribution is 7.99. The third kappa shape index (κ3) is 4.47. The number of nitrogens with zero attached hydrogens (tertiary/aromatic N) is 4. The van der Waals surface area contributed by atoms with Gasteiger partial charge in [-0.05, 0) is 43.5 Å². The van der Waals surface area contributed by atoms with E-state index in [1.54, 1.807) is 22.5 Å². The minimum Gasteiger partial charge on any atom is -0.303 e. The van der Waals surface area contributed by atoms with Gasteiger partial charge in [0.15, 0.2) is 10.8 Å². The molecule has 0 unspecified atom stereocenters. The van der Waals surface area contributed by atoms with Gasteiger partial charge in [-0.25, -0.2) is 14.8 Å². The van der Waals surface area contributed by atoms with Crippen LogP contribution in [0, 0.1) is 0 Å². The third-order valence-electron chi connectivity index (χ3n) is 5.15. The number of unbranched alkanes of at least 4 members (excludes halogenated alkanes) is 1. The first-order chi connectivity index (χ1) is 13.7. The van der Waals surface area contributed by atoms with Gasteiger partial charge >= 0.3 is 5.69 Å². The largest absolute Gasteiger partial charge is 0.328 e. The Hall–Kier alpha value is -2.12. The monoisotopic (exact) mass is 397 g/mol. The molecule has 3 heterocycles. The Labute approximate surface area is 169 Å². The third-order valence-corrected chi connectivity index (χ3v) is 6.10. The summed E-state index contributed by atoms with van der Waals surface area (Å²) >= 11 is 1.65. The standard InChI is InChI=1S/C21H27N5OS/c1-2-3-11-28-20-22-13-18-19(24-20)26(21(27)23-18)15-17-8-6-7-16(12-17)14-25-9-4-5-10-25/h6-8,12-13H,2-5,9-11,14-15H2,1H3,(H,23,27). The minimum atomic E-state index is -0.134. The molecule has 28 heavy (non-hydrogen) atoms. The van der Waals surface area contributed by atoms with Crippen molar-refractivity contribution in [1.82, 2.24) is 24.4 Å². The first-order valence-electron chi connectivity index (χ1n) is 10.1. The molecule has 0 spiro atoms. The number of H-pyrrole nitrogens is 1. The summed E-state index contributed by atoms with van der Waals surface area (Å²) in [6.07, 6.45) is 6.59. The summed E-state index contributed by atoms with van der Waals surface area (Å²) < 4.78 is 1.72. The number of aromatic nitrogens is 4. The summed E-state index contributed by atoms with van der Waals surface area (Å²) in [5, 5.41) is 0.733. The number of thioether (sulfide) groups is 1. The fraction of sp³-hybridized carbons (Fsp3) is 0.476. The Morgan fingerprint density at radius 1 is 1.18 bits per heavy atom. The van der Waals surface area contributed by atoms with Crippen LogP contribution in [0.2, 0.25) is 0 Å². The number of hydrogen-bond acceptors (Lipinski definition) is 5. The van der Waals surface area contributed by atoms with Crippen LogP contribution in [0.4, 0.5) is 0 Å². The van der Waals surface area contributed by atoms with Gasteiger partial charge in [0.25, 0.3) is 0 Å². The molecule has 1 N–H and O–H groups in total. The quantitative estimate of drug-likeness (QED) is 0.357. The van der Waals surface area contributed by atoms with Crippen LogP contribution in [-0.4, -0.2) is 43.3 Å². The molecular formula is C21H27N5OS. The molecule has 1 aliphatic heterocycles. The van der Waals surface area contributed by atoms with E-state index in [1.165, 1.54) is 31.5 Å². The predicted molar refractivity (Wildman–Crippen MR) is 114 cm³/mol. The molecule has 6 nitrogen and oxygen atoms in total. The van der Waals surface area contributed by atoms with E-state index in [9.17, 15) is 4.79 Å². The average molecular weight is 398 g/mol. The molecule has 148 valence electrons. The molecule has 1 aliphatic rings. The summed E-state index contributed by atoms with van der Waals surface area (Å²) in [6, 6.07) is 8.55. The average Bonchev–Trinajstić information content (AvgIpc) is 3.31. The number of aromatic amines is 1. The van der Waals surface area contributed by atoms with Crippen molar-refractivity contribution in [2.45, 2.75) is 50.9 Å². The number of imidazole rings is 1. The van der Waals surface area contributed by atoms with Gasteiger partial charge in [-0.2, -0.15) is 0 Å². The molecular weight excluding hydrogens is 370 g/mol. The number of rotatable bonds is 8. The Morgan fingerprint density at radius 3 is 2.75 bits per heavy atom. The molecule has 0 saturated carbocycles. The van der Waals surface area contributed by atoms with E-state index >= 15 is 0 Å². The van der Waals surface area contributed by atoms with Gasteiger partial charge in [-0.1, -0.05) is 49.4 Å². The van der Waals surface area contributed by atoms with Crippen LogP contribution in [0.25, 0.3) is 11.2 Å². The molecule has 2 aromatic heterocycles. The lowest BCUT2D eigenvalue weighted by molar-refractivity contribution is 0.331. The minimum absolute atomic E-state index is 0.134. The van der Waals surface area contributed by atoms with E-state index in [0.29, 0.717) is 17.7 Å². The van der Waals surface area contributed by atoms with Crippen molar-refractivity contribution in [3.63, 3.8) is 0 Å². The fourth-order valence-corrected chi connectivity index (χ4v) is 4.56. The van der Waals surface area contributed by atoms with Crippen molar-refractivity contribution in [3.8, 4) is 0 Å². The van der Waals surface area contributed by atoms with Gasteiger partial charge in [0.1, 0.15) is 5.52 Å². The van der Waals surface area contributed by atoms with Crippen molar-refractivity contribution in [1.29, 1.82) is 0 Å². The van der Waals surface area contributed by atoms with Gasteiger partial charge in [0, 0.05) is 12.3 Å². The summed E-state index contributed by atoms with van der Waals surface area (Å²) in [4.78, 5) is 26.9. The van der Waals surface area contributed by atoms with Crippen LogP contribution in [0.5, 0.6) is 0 Å². The summed E-state index contributed by atoms with van der Waals surface area (Å²) in [5.41, 5.74) is 3.67. The lowest BCUT2D eigenvalue weighted by Crippen LogP contribution is -2.19. The van der Waals surface area contributed by atoms with Gasteiger partial charge in [-0.15, -0.1) is 0 Å². The smallest absolute Gasteiger partial charge is 0.303 e. The lowest BCUT2D eigenvalue weighted by Gasteiger charge is -2.15. The second-order valence-corrected chi connectivity index (χ2v) is 8.47. The second-order valence-electron chi connectivity index (χ2n) is 7.41. The van der Waals surface area contributed by atoms with Gasteiger partial charge < -0.3 is 4.98 Å². The Bertz CT molecular complexity index is 990. The molecule has 0 amide bonds. The fourth-order valence-electron chi connectivity index (χ4n) is 3.66. The van der Waals surface area contributed by atoms with E-state index in [2.05, 4.69) is 51.0 Å². The van der Waals surface area contributed by atoms with E-state index in [0.717, 1.165) is 35.9 Å². The number of hydrogen-bond donors (Lipinski definition) is 1. The molecule has 0 atom stereocenters. The molecule has 1 saturated heterocycles. The molecule has 1 aromatic carbocycles. The molecule has 0 aliphatic carbocycles. The number of nitrogens with one attached hydrogen (secondary N) is 1. The summed E-state index contributed by atoms with van der Waals surface area (Å²) in [7, 11) is 0. The topological polar surface area (TPSA) is 66.8 Å². The summed E-state index contributed by atoms with van der Waals surface area (Å²) in [6.45, 7) is 6.04. The Kier molecular flexibility index (Phi) is 6.12. The highest BCUT2D eigenvalue weighted by Crippen LogP contribution is 2.18. The lowest BCUT2D eigenvalue weighted by atomic mass is 10.1. The zero-order chi connectivity index (χ0) is 19.3. The van der Waals surface area contributed by atoms with Gasteiger partial charge in [0.2, 0.25) is 0 Å². The molecule has 4 rings (SSSR count). The molecule has 3 aromatic rings. The number of fused-ring (bicyclic) bond motifs is 1. The van der Waals surface area contributed by atoms with Crippen LogP contribution in [0.3, 0.4) is 0 Å². The Balaban J connectivity index is 1.55. The Morgan fingerprint density at radius 2 is 1.96 bits per heavy atom. The highest BCUT2D eigenvalue weighted by atomic mass is 32.2. The first-order valence-corrected chi connectivity index (χ1v) is 11.1. The zero-order valence-corrected chi connectivity index (χ0v) is 17.2. The van der Waals surface area contributed by atoms with Crippen LogP contribution >= 0.6 is 11.8 Å². The number of likely N-dealkylation sites (tertiary alicyclic amines) is 1. The zero-order valence-electron chi connectivity index (χ0n) is 16.4. The summed E-state index contributed by atoms with van der Waals surface area (Å²) in [5.74, 6) is 0.995. The normalized spacial score (nSPS) is 14.9. The van der Waals surface area contributed by atoms with Crippen LogP contribution in [-0.2, 0) is 13.1 Å². The molecule has 0 radical (unpaired) electrons. The van der Waals surface area contributed by atoms with Crippen molar-refractivity contribution in [2.24, 2.45) is 0 Å². The predicted octanol–water partition coefficient (Wildman–Crippen LogP) is 3.66. The first kappa shape index (κ1) is 19.2. The SMILES string of the molecule is CCCCSc1ncc2[nH]c(=O)n(Cc3cccc(CN4CCCC4)c3)c2n1. The van der Waals surface area contributed by atoms with E-state index < -0.39 is 0 Å². The van der Waals surface area contributed by atoms with Crippen LogP contribution in [0.15, 0.2) is 40.4 Å². The van der Waals surface area contributed by atoms with Gasteiger partial charge in [0.05, 0.1) is 12.7 Å². The van der Waals surface area contributed by atoms with Gasteiger partial charge in [-0.3, -0.25) is 9.47 Å². The maximum absolute atomic E-state index is 12.5. The highest BCUT2D eigenvalue weighted by Gasteiger charge is 2.13. The van der Waals surface area contributed by atoms with Crippen LogP contribution in [0.1, 0.15) is 43.7 Å². The maximum atomic E-state index is 12.5. The van der Waals surface area contributed by atoms with Crippen molar-refractivity contribution in [2.75, 3.05) is 18.8 Å². The molecule has 1 fully saturated rings. The van der Waals surface area contributed by atoms with Crippen molar-refractivity contribution < 1.29 is 0 Å². The maximum Gasteiger partial charge on any atom is 0.328 e. The van der Waals surface area contributed by atoms with E-state index in [-0.39, 0.29) is 5.69 Å².